The number of rotatable bonds is 9. The minimum atomic E-state index is -0.325. The van der Waals surface area contributed by atoms with E-state index in [1.807, 2.05) is 6.07 Å². The van der Waals surface area contributed by atoms with Gasteiger partial charge in [-0.1, -0.05) is 29.4 Å². The Kier molecular flexibility index (Phi) is 7.64. The van der Waals surface area contributed by atoms with Gasteiger partial charge < -0.3 is 9.42 Å². The lowest BCUT2D eigenvalue weighted by molar-refractivity contribution is -0.130. The van der Waals surface area contributed by atoms with Gasteiger partial charge in [0.25, 0.3) is 0 Å². The van der Waals surface area contributed by atoms with Gasteiger partial charge >= 0.3 is 0 Å². The molecule has 2 unspecified atom stereocenters. The quantitative estimate of drug-likeness (QED) is 0.491. The Morgan fingerprint density at radius 3 is 2.85 bits per heavy atom. The molecule has 1 fully saturated rings. The molecule has 1 amide bonds. The molecular weight excluding hydrogens is 440 g/mol. The Morgan fingerprint density at radius 2 is 2.06 bits per heavy atom. The number of hydrazine groups is 1. The summed E-state index contributed by atoms with van der Waals surface area (Å²) < 4.78 is 32.4. The lowest BCUT2D eigenvalue weighted by Crippen LogP contribution is -2.32. The normalized spacial score (nSPS) is 17.8. The zero-order valence-electron chi connectivity index (χ0n) is 19.4. The first-order valence-electron chi connectivity index (χ1n) is 11.5. The lowest BCUT2D eigenvalue weighted by Gasteiger charge is -2.18. The maximum atomic E-state index is 13.8. The Morgan fingerprint density at radius 1 is 1.21 bits per heavy atom. The van der Waals surface area contributed by atoms with E-state index in [2.05, 4.69) is 21.0 Å². The molecule has 0 bridgehead atoms. The van der Waals surface area contributed by atoms with Crippen LogP contribution in [0, 0.1) is 18.6 Å². The molecule has 0 aliphatic carbocycles. The zero-order valence-corrected chi connectivity index (χ0v) is 19.4. The van der Waals surface area contributed by atoms with Crippen molar-refractivity contribution in [2.45, 2.75) is 51.1 Å². The van der Waals surface area contributed by atoms with Crippen LogP contribution in [0.4, 0.5) is 8.78 Å². The largest absolute Gasteiger partial charge is 0.346 e. The minimum Gasteiger partial charge on any atom is -0.346 e. The molecule has 1 aromatic heterocycles. The van der Waals surface area contributed by atoms with Crippen molar-refractivity contribution in [1.29, 1.82) is 0 Å². The summed E-state index contributed by atoms with van der Waals surface area (Å²) in [6.45, 7) is 2.33. The van der Waals surface area contributed by atoms with E-state index in [4.69, 9.17) is 4.52 Å². The molecule has 2 heterocycles. The number of benzene rings is 2. The number of aryl methyl sites for hydroxylation is 2. The molecular formula is C25H29F2N5O2. The van der Waals surface area contributed by atoms with Crippen molar-refractivity contribution in [1.82, 2.24) is 25.9 Å². The number of amides is 1. The molecule has 34 heavy (non-hydrogen) atoms. The van der Waals surface area contributed by atoms with E-state index in [1.165, 1.54) is 12.1 Å². The molecule has 2 atom stereocenters. The third-order valence-corrected chi connectivity index (χ3v) is 6.16. The molecule has 2 N–H and O–H groups in total. The van der Waals surface area contributed by atoms with Gasteiger partial charge in [0, 0.05) is 44.1 Å². The molecule has 0 saturated carbocycles. The molecule has 9 heteroatoms. The van der Waals surface area contributed by atoms with Crippen LogP contribution in [0.1, 0.15) is 48.7 Å². The smallest absolute Gasteiger partial charge is 0.227 e. The van der Waals surface area contributed by atoms with Crippen LogP contribution in [0.15, 0.2) is 47.0 Å². The highest BCUT2D eigenvalue weighted by atomic mass is 19.1. The highest BCUT2D eigenvalue weighted by molar-refractivity contribution is 5.76. The summed E-state index contributed by atoms with van der Waals surface area (Å²) in [7, 11) is 1.78. The Hall–Kier alpha value is -3.17. The molecule has 4 rings (SSSR count). The van der Waals surface area contributed by atoms with Crippen LogP contribution in [0.25, 0.3) is 11.4 Å². The van der Waals surface area contributed by atoms with Gasteiger partial charge in [0.2, 0.25) is 17.6 Å². The number of halogens is 2. The maximum Gasteiger partial charge on any atom is 0.227 e. The van der Waals surface area contributed by atoms with Crippen molar-refractivity contribution in [3.8, 4) is 11.4 Å². The fraction of sp³-hybridized carbons (Fsp3) is 0.400. The van der Waals surface area contributed by atoms with E-state index < -0.39 is 0 Å². The van der Waals surface area contributed by atoms with Crippen molar-refractivity contribution in [3.63, 3.8) is 0 Å². The monoisotopic (exact) mass is 469 g/mol. The Bertz CT molecular complexity index is 1140. The van der Waals surface area contributed by atoms with Crippen molar-refractivity contribution in [2.24, 2.45) is 0 Å². The number of hydrogen-bond donors (Lipinski definition) is 2. The topological polar surface area (TPSA) is 83.3 Å². The first kappa shape index (κ1) is 24.0. The van der Waals surface area contributed by atoms with Crippen LogP contribution in [-0.4, -0.2) is 40.6 Å². The molecule has 180 valence electrons. The van der Waals surface area contributed by atoms with Crippen LogP contribution >= 0.6 is 0 Å². The molecule has 0 spiro atoms. The number of nitrogens with one attached hydrogen (secondary N) is 2. The summed E-state index contributed by atoms with van der Waals surface area (Å²) in [4.78, 5) is 18.5. The highest BCUT2D eigenvalue weighted by Crippen LogP contribution is 2.24. The molecule has 0 radical (unpaired) electrons. The molecule has 1 aliphatic rings. The first-order valence-corrected chi connectivity index (χ1v) is 11.5. The van der Waals surface area contributed by atoms with Crippen molar-refractivity contribution < 1.29 is 18.1 Å². The average Bonchev–Trinajstić information content (AvgIpc) is 3.49. The predicted octanol–water partition coefficient (Wildman–Crippen LogP) is 4.10. The third kappa shape index (κ3) is 6.03. The number of hydrogen-bond acceptors (Lipinski definition) is 6. The highest BCUT2D eigenvalue weighted by Gasteiger charge is 2.25. The van der Waals surface area contributed by atoms with Crippen LogP contribution in [0.5, 0.6) is 0 Å². The average molecular weight is 470 g/mol. The zero-order chi connectivity index (χ0) is 24.1. The van der Waals surface area contributed by atoms with E-state index in [9.17, 15) is 13.6 Å². The van der Waals surface area contributed by atoms with Crippen LogP contribution in [0.2, 0.25) is 0 Å². The SMILES string of the molecule is Cc1ccc(-c2noc(CCC(=O)N(C)CCCC3CC(c4cccc(F)c4)NN3)n2)cc1F. The second-order valence-corrected chi connectivity index (χ2v) is 8.76. The van der Waals surface area contributed by atoms with Gasteiger partial charge in [0.05, 0.1) is 0 Å². The third-order valence-electron chi connectivity index (χ3n) is 6.16. The number of carbonyl (C=O) groups is 1. The van der Waals surface area contributed by atoms with Gasteiger partial charge in [-0.05, 0) is 55.5 Å². The fourth-order valence-corrected chi connectivity index (χ4v) is 4.06. The molecule has 1 saturated heterocycles. The molecule has 2 aromatic carbocycles. The van der Waals surface area contributed by atoms with Crippen LogP contribution in [-0.2, 0) is 11.2 Å². The van der Waals surface area contributed by atoms with E-state index in [0.29, 0.717) is 35.8 Å². The van der Waals surface area contributed by atoms with Gasteiger partial charge in [-0.25, -0.2) is 8.78 Å². The number of nitrogens with zero attached hydrogens (tertiary/aromatic N) is 3. The summed E-state index contributed by atoms with van der Waals surface area (Å²) in [5.74, 6) is 0.0972. The standard InChI is InChI=1S/C25H29F2N5O2/c1-16-8-9-18(14-21(16)27)25-28-23(34-31-25)10-11-24(33)32(2)12-4-7-20-15-22(30-29-20)17-5-3-6-19(26)13-17/h3,5-6,8-9,13-14,20,22,29-30H,4,7,10-12,15H2,1-2H3. The van der Waals surface area contributed by atoms with E-state index in [1.54, 1.807) is 43.1 Å². The summed E-state index contributed by atoms with van der Waals surface area (Å²) in [5.41, 5.74) is 8.51. The maximum absolute atomic E-state index is 13.8. The second-order valence-electron chi connectivity index (χ2n) is 8.76. The molecule has 7 nitrogen and oxygen atoms in total. The molecule has 3 aromatic rings. The Balaban J connectivity index is 1.18. The van der Waals surface area contributed by atoms with E-state index in [-0.39, 0.29) is 36.0 Å². The summed E-state index contributed by atoms with van der Waals surface area (Å²) in [6.07, 6.45) is 3.20. The van der Waals surface area contributed by atoms with Crippen molar-refractivity contribution in [3.05, 3.63) is 71.1 Å². The first-order chi connectivity index (χ1) is 16.4. The lowest BCUT2D eigenvalue weighted by atomic mass is 9.99. The molecule has 1 aliphatic heterocycles. The Labute approximate surface area is 197 Å². The fourth-order valence-electron chi connectivity index (χ4n) is 4.06. The van der Waals surface area contributed by atoms with Gasteiger partial charge in [0.15, 0.2) is 0 Å². The van der Waals surface area contributed by atoms with Gasteiger partial charge in [-0.2, -0.15) is 4.98 Å². The number of aromatic nitrogens is 2. The minimum absolute atomic E-state index is 0.00345. The van der Waals surface area contributed by atoms with Gasteiger partial charge in [0.1, 0.15) is 11.6 Å². The summed E-state index contributed by atoms with van der Waals surface area (Å²) >= 11 is 0. The predicted molar refractivity (Wildman–Crippen MR) is 123 cm³/mol. The van der Waals surface area contributed by atoms with Gasteiger partial charge in [-0.15, -0.1) is 0 Å². The van der Waals surface area contributed by atoms with Crippen molar-refractivity contribution >= 4 is 5.91 Å². The van der Waals surface area contributed by atoms with E-state index >= 15 is 0 Å². The van der Waals surface area contributed by atoms with E-state index in [0.717, 1.165) is 24.8 Å². The van der Waals surface area contributed by atoms with Crippen LogP contribution in [0.3, 0.4) is 0 Å². The van der Waals surface area contributed by atoms with Crippen molar-refractivity contribution in [2.75, 3.05) is 13.6 Å². The summed E-state index contributed by atoms with van der Waals surface area (Å²) in [5, 5.41) is 3.90. The second kappa shape index (κ2) is 10.8. The summed E-state index contributed by atoms with van der Waals surface area (Å²) in [6, 6.07) is 11.8. The van der Waals surface area contributed by atoms with Crippen LogP contribution < -0.4 is 10.9 Å². The number of carbonyl (C=O) groups excluding carboxylic acids is 1. The van der Waals surface area contributed by atoms with Gasteiger partial charge in [-0.3, -0.25) is 15.6 Å².